The molecule has 3 aliphatic heterocycles. The number of aromatic nitrogens is 3. The predicted octanol–water partition coefficient (Wildman–Crippen LogP) is 2.88. The molecule has 0 bridgehead atoms. The van der Waals surface area contributed by atoms with Crippen molar-refractivity contribution >= 4 is 23.4 Å². The third-order valence-electron chi connectivity index (χ3n) is 8.17. The topological polar surface area (TPSA) is 105 Å². The largest absolute Gasteiger partial charge is 0.476 e. The van der Waals surface area contributed by atoms with Crippen LogP contribution < -0.4 is 20.3 Å². The Bertz CT molecular complexity index is 1080. The summed E-state index contributed by atoms with van der Waals surface area (Å²) in [6, 6.07) is 3.97. The van der Waals surface area contributed by atoms with Crippen LogP contribution in [0.2, 0.25) is 0 Å². The number of rotatable bonds is 7. The zero-order valence-electron chi connectivity index (χ0n) is 21.5. The molecule has 0 aromatic carbocycles. The van der Waals surface area contributed by atoms with Crippen LogP contribution in [0.1, 0.15) is 50.5 Å². The maximum Gasteiger partial charge on any atom is 0.237 e. The number of amides is 1. The number of pyridine rings is 1. The maximum absolute atomic E-state index is 14.0. The van der Waals surface area contributed by atoms with Gasteiger partial charge in [-0.25, -0.2) is 9.97 Å². The molecule has 1 amide bonds. The highest BCUT2D eigenvalue weighted by atomic mass is 16.5. The van der Waals surface area contributed by atoms with Crippen LogP contribution in [0, 0.1) is 5.41 Å². The van der Waals surface area contributed by atoms with Crippen LogP contribution in [0.3, 0.4) is 0 Å². The summed E-state index contributed by atoms with van der Waals surface area (Å²) in [6.07, 6.45) is 11.8. The van der Waals surface area contributed by atoms with Crippen molar-refractivity contribution < 1.29 is 14.3 Å². The number of ether oxygens (including phenoxy) is 2. The first-order valence-electron chi connectivity index (χ1n) is 13.8. The number of hydrogen-bond acceptors (Lipinski definition) is 9. The van der Waals surface area contributed by atoms with E-state index < -0.39 is 5.41 Å². The normalized spacial score (nSPS) is 24.9. The molecule has 0 radical (unpaired) electrons. The highest BCUT2D eigenvalue weighted by Crippen LogP contribution is 2.43. The Morgan fingerprint density at radius 2 is 2.00 bits per heavy atom. The third kappa shape index (κ3) is 5.28. The monoisotopic (exact) mass is 507 g/mol. The quantitative estimate of drug-likeness (QED) is 0.585. The van der Waals surface area contributed by atoms with Crippen LogP contribution in [0.5, 0.6) is 5.88 Å². The third-order valence-corrected chi connectivity index (χ3v) is 8.17. The summed E-state index contributed by atoms with van der Waals surface area (Å²) in [5.41, 5.74) is 1.25. The lowest BCUT2D eigenvalue weighted by molar-refractivity contribution is -0.133. The van der Waals surface area contributed by atoms with Crippen LogP contribution in [0.15, 0.2) is 24.5 Å². The molecule has 5 heterocycles. The summed E-state index contributed by atoms with van der Waals surface area (Å²) < 4.78 is 11.6. The number of carbonyl (C=O) groups excluding carboxylic acids is 1. The molecular formula is C27H37N7O3. The second-order valence-corrected chi connectivity index (χ2v) is 10.8. The molecule has 2 aromatic rings. The van der Waals surface area contributed by atoms with Crippen LogP contribution in [-0.2, 0) is 16.0 Å². The Kier molecular flexibility index (Phi) is 7.21. The molecule has 37 heavy (non-hydrogen) atoms. The van der Waals surface area contributed by atoms with Crippen molar-refractivity contribution in [2.24, 2.45) is 5.41 Å². The van der Waals surface area contributed by atoms with Gasteiger partial charge in [0, 0.05) is 30.4 Å². The van der Waals surface area contributed by atoms with Crippen molar-refractivity contribution in [3.63, 3.8) is 0 Å². The second-order valence-electron chi connectivity index (χ2n) is 10.8. The van der Waals surface area contributed by atoms with Crippen molar-refractivity contribution in [3.05, 3.63) is 30.1 Å². The molecule has 2 saturated heterocycles. The number of carbonyl (C=O) groups is 1. The molecule has 1 saturated carbocycles. The van der Waals surface area contributed by atoms with E-state index in [0.29, 0.717) is 38.2 Å². The van der Waals surface area contributed by atoms with Gasteiger partial charge in [0.2, 0.25) is 17.7 Å². The molecule has 2 N–H and O–H groups in total. The SMILES string of the molecule is O=C1N(C2CCCC2)c2nc(Nc3ccc(OCCN4CCCC4)nc3)ncc2C[C@@]12CCNCOC2. The lowest BCUT2D eigenvalue weighted by atomic mass is 9.75. The van der Waals surface area contributed by atoms with E-state index in [1.807, 2.05) is 23.2 Å². The fourth-order valence-corrected chi connectivity index (χ4v) is 6.14. The Labute approximate surface area is 218 Å². The van der Waals surface area contributed by atoms with E-state index in [2.05, 4.69) is 25.5 Å². The van der Waals surface area contributed by atoms with Gasteiger partial charge in [-0.05, 0) is 64.2 Å². The van der Waals surface area contributed by atoms with Crippen LogP contribution in [-0.4, -0.2) is 77.9 Å². The van der Waals surface area contributed by atoms with Crippen molar-refractivity contribution in [1.82, 2.24) is 25.2 Å². The van der Waals surface area contributed by atoms with Gasteiger partial charge in [0.15, 0.2) is 0 Å². The van der Waals surface area contributed by atoms with E-state index >= 15 is 0 Å². The Balaban J connectivity index is 1.17. The summed E-state index contributed by atoms with van der Waals surface area (Å²) in [4.78, 5) is 32.3. The summed E-state index contributed by atoms with van der Waals surface area (Å²) >= 11 is 0. The first kappa shape index (κ1) is 24.5. The first-order chi connectivity index (χ1) is 18.2. The molecule has 198 valence electrons. The van der Waals surface area contributed by atoms with Crippen LogP contribution in [0.25, 0.3) is 0 Å². The van der Waals surface area contributed by atoms with E-state index in [1.54, 1.807) is 6.20 Å². The summed E-state index contributed by atoms with van der Waals surface area (Å²) in [5.74, 6) is 1.97. The first-order valence-corrected chi connectivity index (χ1v) is 13.8. The van der Waals surface area contributed by atoms with Gasteiger partial charge in [0.1, 0.15) is 12.4 Å². The van der Waals surface area contributed by atoms with Crippen molar-refractivity contribution in [3.8, 4) is 5.88 Å². The van der Waals surface area contributed by atoms with E-state index in [-0.39, 0.29) is 11.9 Å². The van der Waals surface area contributed by atoms with E-state index in [4.69, 9.17) is 14.5 Å². The fourth-order valence-electron chi connectivity index (χ4n) is 6.14. The van der Waals surface area contributed by atoms with Gasteiger partial charge in [-0.2, -0.15) is 4.98 Å². The summed E-state index contributed by atoms with van der Waals surface area (Å²) in [5, 5.41) is 6.53. The summed E-state index contributed by atoms with van der Waals surface area (Å²) in [7, 11) is 0. The molecule has 1 atom stereocenters. The molecule has 10 heteroatoms. The lowest BCUT2D eigenvalue weighted by Gasteiger charge is -2.43. The number of nitrogens with one attached hydrogen (secondary N) is 2. The molecule has 2 aromatic heterocycles. The molecular weight excluding hydrogens is 470 g/mol. The molecule has 4 aliphatic rings. The highest BCUT2D eigenvalue weighted by molar-refractivity contribution is 6.00. The number of hydrogen-bond donors (Lipinski definition) is 2. The van der Waals surface area contributed by atoms with E-state index in [9.17, 15) is 4.79 Å². The van der Waals surface area contributed by atoms with Gasteiger partial charge in [0.25, 0.3) is 0 Å². The van der Waals surface area contributed by atoms with Crippen LogP contribution in [0.4, 0.5) is 17.5 Å². The molecule has 0 unspecified atom stereocenters. The lowest BCUT2D eigenvalue weighted by Crippen LogP contribution is -2.55. The minimum atomic E-state index is -0.550. The molecule has 3 fully saturated rings. The minimum absolute atomic E-state index is 0.150. The Morgan fingerprint density at radius 1 is 1.14 bits per heavy atom. The average Bonchev–Trinajstić information content (AvgIpc) is 3.59. The maximum atomic E-state index is 14.0. The van der Waals surface area contributed by atoms with Gasteiger partial charge >= 0.3 is 0 Å². The predicted molar refractivity (Wildman–Crippen MR) is 140 cm³/mol. The molecule has 6 rings (SSSR count). The van der Waals surface area contributed by atoms with Gasteiger partial charge in [-0.1, -0.05) is 12.8 Å². The van der Waals surface area contributed by atoms with Gasteiger partial charge < -0.3 is 14.8 Å². The van der Waals surface area contributed by atoms with Crippen molar-refractivity contribution in [1.29, 1.82) is 0 Å². The smallest absolute Gasteiger partial charge is 0.237 e. The van der Waals surface area contributed by atoms with Gasteiger partial charge in [0.05, 0.1) is 30.6 Å². The van der Waals surface area contributed by atoms with Crippen LogP contribution >= 0.6 is 0 Å². The highest BCUT2D eigenvalue weighted by Gasteiger charge is 2.49. The number of nitrogens with zero attached hydrogens (tertiary/aromatic N) is 5. The zero-order chi connectivity index (χ0) is 25.1. The Hall–Kier alpha value is -2.82. The average molecular weight is 508 g/mol. The molecule has 10 nitrogen and oxygen atoms in total. The minimum Gasteiger partial charge on any atom is -0.476 e. The van der Waals surface area contributed by atoms with Crippen molar-refractivity contribution in [2.75, 3.05) is 56.3 Å². The fraction of sp³-hybridized carbons (Fsp3) is 0.630. The number of likely N-dealkylation sites (tertiary alicyclic amines) is 1. The standard InChI is InChI=1S/C27H37N7O3/c35-25-27(9-10-28-19-36-18-27)15-20-16-30-26(32-24(20)34(25)22-5-1-2-6-22)31-21-7-8-23(29-17-21)37-14-13-33-11-3-4-12-33/h7-8,16-17,22,28H,1-6,9-15,18-19H2,(H,30,31,32)/t27-/m1/s1. The number of fused-ring (bicyclic) bond motifs is 1. The van der Waals surface area contributed by atoms with Gasteiger partial charge in [-0.3, -0.25) is 19.9 Å². The molecule has 1 spiro atoms. The number of anilines is 3. The zero-order valence-corrected chi connectivity index (χ0v) is 21.5. The van der Waals surface area contributed by atoms with Crippen molar-refractivity contribution in [2.45, 2.75) is 57.4 Å². The second kappa shape index (κ2) is 10.9. The van der Waals surface area contributed by atoms with Gasteiger partial charge in [-0.15, -0.1) is 0 Å². The summed E-state index contributed by atoms with van der Waals surface area (Å²) in [6.45, 7) is 5.59. The molecule has 1 aliphatic carbocycles. The Morgan fingerprint density at radius 3 is 2.81 bits per heavy atom. The van der Waals surface area contributed by atoms with E-state index in [1.165, 1.54) is 12.8 Å². The van der Waals surface area contributed by atoms with E-state index in [0.717, 1.165) is 75.4 Å².